The summed E-state index contributed by atoms with van der Waals surface area (Å²) in [5, 5.41) is 2.78. The topological polar surface area (TPSA) is 66.5 Å². The highest BCUT2D eigenvalue weighted by atomic mass is 79.9. The standard InChI is InChI=1S/C23H23BrN2O3S/c1-16-8-10-20(11-9-16)30(28,29)26(19-13-17(2)12-18(3)14-19)15-23(27)25-22-7-5-4-6-21(22)24/h4-14H,15H2,1-3H3,(H,25,27). The zero-order valence-electron chi connectivity index (χ0n) is 17.0. The van der Waals surface area contributed by atoms with Crippen LogP contribution < -0.4 is 9.62 Å². The van der Waals surface area contributed by atoms with E-state index >= 15 is 0 Å². The Hall–Kier alpha value is -2.64. The van der Waals surface area contributed by atoms with Gasteiger partial charge in [0.25, 0.3) is 10.0 Å². The molecule has 0 aliphatic heterocycles. The Morgan fingerprint density at radius 2 is 1.50 bits per heavy atom. The molecule has 0 aliphatic carbocycles. The first-order valence-corrected chi connectivity index (χ1v) is 11.6. The molecular formula is C23H23BrN2O3S. The average molecular weight is 487 g/mol. The number of amides is 1. The van der Waals surface area contributed by atoms with E-state index in [0.29, 0.717) is 11.4 Å². The van der Waals surface area contributed by atoms with Crippen LogP contribution >= 0.6 is 15.9 Å². The SMILES string of the molecule is Cc1ccc(S(=O)(=O)N(CC(=O)Nc2ccccc2Br)c2cc(C)cc(C)c2)cc1. The lowest BCUT2D eigenvalue weighted by Crippen LogP contribution is -2.38. The first-order valence-electron chi connectivity index (χ1n) is 9.39. The fourth-order valence-corrected chi connectivity index (χ4v) is 4.92. The number of rotatable bonds is 6. The van der Waals surface area contributed by atoms with Gasteiger partial charge in [0.15, 0.2) is 0 Å². The summed E-state index contributed by atoms with van der Waals surface area (Å²) < 4.78 is 28.8. The lowest BCUT2D eigenvalue weighted by Gasteiger charge is -2.25. The monoisotopic (exact) mass is 486 g/mol. The van der Waals surface area contributed by atoms with Gasteiger partial charge in [0.2, 0.25) is 5.91 Å². The summed E-state index contributed by atoms with van der Waals surface area (Å²) in [5.74, 6) is -0.434. The summed E-state index contributed by atoms with van der Waals surface area (Å²) in [6, 6.07) is 19.3. The summed E-state index contributed by atoms with van der Waals surface area (Å²) >= 11 is 3.39. The molecule has 3 aromatic carbocycles. The van der Waals surface area contributed by atoms with Gasteiger partial charge >= 0.3 is 0 Å². The molecule has 3 aromatic rings. The molecule has 0 aliphatic rings. The molecule has 0 saturated heterocycles. The number of benzene rings is 3. The summed E-state index contributed by atoms with van der Waals surface area (Å²) in [6.07, 6.45) is 0. The van der Waals surface area contributed by atoms with Crippen LogP contribution in [0.1, 0.15) is 16.7 Å². The number of nitrogens with zero attached hydrogens (tertiary/aromatic N) is 1. The van der Waals surface area contributed by atoms with E-state index in [9.17, 15) is 13.2 Å². The normalized spacial score (nSPS) is 11.2. The molecule has 0 spiro atoms. The third-order valence-electron chi connectivity index (χ3n) is 4.54. The molecule has 0 bridgehead atoms. The molecule has 156 valence electrons. The van der Waals surface area contributed by atoms with E-state index in [1.807, 2.05) is 32.9 Å². The van der Waals surface area contributed by atoms with Crippen molar-refractivity contribution in [1.29, 1.82) is 0 Å². The van der Waals surface area contributed by atoms with Crippen molar-refractivity contribution in [1.82, 2.24) is 0 Å². The second-order valence-electron chi connectivity index (χ2n) is 7.20. The van der Waals surface area contributed by atoms with Gasteiger partial charge in [-0.05, 0) is 84.2 Å². The van der Waals surface area contributed by atoms with Gasteiger partial charge in [0.1, 0.15) is 6.54 Å². The van der Waals surface area contributed by atoms with Gasteiger partial charge in [-0.3, -0.25) is 9.10 Å². The van der Waals surface area contributed by atoms with E-state index in [1.165, 1.54) is 0 Å². The van der Waals surface area contributed by atoms with Crippen LogP contribution in [0.2, 0.25) is 0 Å². The van der Waals surface area contributed by atoms with Gasteiger partial charge in [0, 0.05) is 4.47 Å². The highest BCUT2D eigenvalue weighted by Crippen LogP contribution is 2.27. The third kappa shape index (κ3) is 5.09. The minimum absolute atomic E-state index is 0.140. The van der Waals surface area contributed by atoms with Crippen molar-refractivity contribution in [3.63, 3.8) is 0 Å². The van der Waals surface area contributed by atoms with Crippen molar-refractivity contribution in [3.05, 3.63) is 87.9 Å². The molecule has 3 rings (SSSR count). The summed E-state index contributed by atoms with van der Waals surface area (Å²) in [6.45, 7) is 5.34. The number of nitrogens with one attached hydrogen (secondary N) is 1. The zero-order valence-corrected chi connectivity index (χ0v) is 19.4. The van der Waals surface area contributed by atoms with Gasteiger partial charge in [-0.2, -0.15) is 0 Å². The number of carbonyl (C=O) groups excluding carboxylic acids is 1. The molecular weight excluding hydrogens is 464 g/mol. The average Bonchev–Trinajstić information content (AvgIpc) is 2.67. The summed E-state index contributed by atoms with van der Waals surface area (Å²) in [4.78, 5) is 13.0. The minimum Gasteiger partial charge on any atom is -0.323 e. The quantitative estimate of drug-likeness (QED) is 0.519. The van der Waals surface area contributed by atoms with Crippen molar-refractivity contribution in [2.75, 3.05) is 16.2 Å². The van der Waals surface area contributed by atoms with Crippen LogP contribution in [0.15, 0.2) is 76.1 Å². The Kier molecular flexibility index (Phi) is 6.63. The summed E-state index contributed by atoms with van der Waals surface area (Å²) in [5.41, 5.74) is 3.82. The van der Waals surface area contributed by atoms with Gasteiger partial charge in [-0.15, -0.1) is 0 Å². The van der Waals surface area contributed by atoms with Crippen molar-refractivity contribution in [2.24, 2.45) is 0 Å². The van der Waals surface area contributed by atoms with Crippen molar-refractivity contribution >= 4 is 43.2 Å². The smallest absolute Gasteiger partial charge is 0.264 e. The van der Waals surface area contributed by atoms with Crippen LogP contribution in [0.25, 0.3) is 0 Å². The molecule has 0 radical (unpaired) electrons. The van der Waals surface area contributed by atoms with Crippen LogP contribution in [0.4, 0.5) is 11.4 Å². The van der Waals surface area contributed by atoms with Crippen molar-refractivity contribution in [2.45, 2.75) is 25.7 Å². The second-order valence-corrected chi connectivity index (χ2v) is 9.92. The maximum atomic E-state index is 13.5. The number of hydrogen-bond donors (Lipinski definition) is 1. The number of hydrogen-bond acceptors (Lipinski definition) is 3. The first kappa shape index (κ1) is 22.1. The molecule has 0 heterocycles. The van der Waals surface area contributed by atoms with Crippen molar-refractivity contribution < 1.29 is 13.2 Å². The third-order valence-corrected chi connectivity index (χ3v) is 7.02. The minimum atomic E-state index is -3.94. The maximum Gasteiger partial charge on any atom is 0.264 e. The number of para-hydroxylation sites is 1. The molecule has 30 heavy (non-hydrogen) atoms. The Morgan fingerprint density at radius 3 is 2.10 bits per heavy atom. The van der Waals surface area contributed by atoms with E-state index in [4.69, 9.17) is 0 Å². The lowest BCUT2D eigenvalue weighted by molar-refractivity contribution is -0.114. The number of sulfonamides is 1. The van der Waals surface area contributed by atoms with E-state index in [1.54, 1.807) is 54.6 Å². The molecule has 0 atom stereocenters. The highest BCUT2D eigenvalue weighted by molar-refractivity contribution is 9.10. The van der Waals surface area contributed by atoms with E-state index in [0.717, 1.165) is 25.5 Å². The second kappa shape index (κ2) is 9.02. The Bertz CT molecular complexity index is 1160. The maximum absolute atomic E-state index is 13.5. The molecule has 1 amide bonds. The number of carbonyl (C=O) groups is 1. The molecule has 0 aromatic heterocycles. The van der Waals surface area contributed by atoms with Gasteiger partial charge in [0.05, 0.1) is 16.3 Å². The Labute approximate surface area is 185 Å². The first-order chi connectivity index (χ1) is 14.2. The molecule has 0 fully saturated rings. The lowest BCUT2D eigenvalue weighted by atomic mass is 10.1. The molecule has 5 nitrogen and oxygen atoms in total. The van der Waals surface area contributed by atoms with Gasteiger partial charge < -0.3 is 5.32 Å². The highest BCUT2D eigenvalue weighted by Gasteiger charge is 2.27. The van der Waals surface area contributed by atoms with E-state index < -0.39 is 15.9 Å². The number of aryl methyl sites for hydroxylation is 3. The largest absolute Gasteiger partial charge is 0.323 e. The van der Waals surface area contributed by atoms with Gasteiger partial charge in [-0.25, -0.2) is 8.42 Å². The van der Waals surface area contributed by atoms with Crippen LogP contribution in [0.5, 0.6) is 0 Å². The van der Waals surface area contributed by atoms with Crippen LogP contribution in [0, 0.1) is 20.8 Å². The fourth-order valence-electron chi connectivity index (χ4n) is 3.13. The predicted molar refractivity (Wildman–Crippen MR) is 124 cm³/mol. The molecule has 0 unspecified atom stereocenters. The fraction of sp³-hybridized carbons (Fsp3) is 0.174. The van der Waals surface area contributed by atoms with Crippen LogP contribution in [-0.2, 0) is 14.8 Å². The predicted octanol–water partition coefficient (Wildman–Crippen LogP) is 5.21. The number of anilines is 2. The van der Waals surface area contributed by atoms with E-state index in [-0.39, 0.29) is 11.4 Å². The van der Waals surface area contributed by atoms with Gasteiger partial charge in [-0.1, -0.05) is 35.9 Å². The molecule has 0 saturated carbocycles. The zero-order chi connectivity index (χ0) is 21.9. The molecule has 7 heteroatoms. The molecule has 1 N–H and O–H groups in total. The summed E-state index contributed by atoms with van der Waals surface area (Å²) in [7, 11) is -3.94. The Balaban J connectivity index is 2.00. The van der Waals surface area contributed by atoms with E-state index in [2.05, 4.69) is 21.2 Å². The Morgan fingerprint density at radius 1 is 0.900 bits per heavy atom. The van der Waals surface area contributed by atoms with Crippen LogP contribution in [0.3, 0.4) is 0 Å². The number of halogens is 1. The van der Waals surface area contributed by atoms with Crippen molar-refractivity contribution in [3.8, 4) is 0 Å². The van der Waals surface area contributed by atoms with Crippen LogP contribution in [-0.4, -0.2) is 20.9 Å².